The van der Waals surface area contributed by atoms with Gasteiger partial charge in [-0.1, -0.05) is 37.6 Å². The summed E-state index contributed by atoms with van der Waals surface area (Å²) in [6.07, 6.45) is -0.883. The molecule has 0 fully saturated rings. The fourth-order valence-electron chi connectivity index (χ4n) is 2.29. The fraction of sp³-hybridized carbons (Fsp3) is 0.412. The second kappa shape index (κ2) is 9.13. The Labute approximate surface area is 151 Å². The number of benzene rings is 1. The van der Waals surface area contributed by atoms with Gasteiger partial charge < -0.3 is 15.3 Å². The van der Waals surface area contributed by atoms with Crippen LogP contribution in [0.2, 0.25) is 5.02 Å². The molecule has 1 heterocycles. The maximum atomic E-state index is 12.1. The summed E-state index contributed by atoms with van der Waals surface area (Å²) in [5.41, 5.74) is 0.987. The highest BCUT2D eigenvalue weighted by molar-refractivity contribution is 7.09. The number of aliphatic hydroxyl groups excluding tert-OH is 1. The van der Waals surface area contributed by atoms with E-state index in [9.17, 15) is 9.90 Å². The van der Waals surface area contributed by atoms with Crippen LogP contribution in [0.4, 0.5) is 0 Å². The topological polar surface area (TPSA) is 65.5 Å². The van der Waals surface area contributed by atoms with Gasteiger partial charge in [0.2, 0.25) is 0 Å². The van der Waals surface area contributed by atoms with Crippen LogP contribution in [0.3, 0.4) is 0 Å². The minimum atomic E-state index is -0.883. The Kier molecular flexibility index (Phi) is 7.17. The quantitative estimate of drug-likeness (QED) is 0.752. The highest BCUT2D eigenvalue weighted by Gasteiger charge is 2.18. The first kappa shape index (κ1) is 18.9. The largest absolute Gasteiger partial charge is 0.381 e. The molecule has 0 bridgehead atoms. The summed E-state index contributed by atoms with van der Waals surface area (Å²) in [7, 11) is 0. The molecule has 5 nitrogen and oxygen atoms in total. The van der Waals surface area contributed by atoms with Crippen LogP contribution in [0.5, 0.6) is 0 Å². The third kappa shape index (κ3) is 5.01. The molecule has 0 aliphatic rings. The van der Waals surface area contributed by atoms with E-state index in [2.05, 4.69) is 29.0 Å². The zero-order valence-corrected chi connectivity index (χ0v) is 15.4. The van der Waals surface area contributed by atoms with Crippen LogP contribution in [-0.2, 0) is 0 Å². The Hall–Kier alpha value is -1.47. The molecular weight excluding hydrogens is 346 g/mol. The van der Waals surface area contributed by atoms with Crippen molar-refractivity contribution >= 4 is 28.8 Å². The summed E-state index contributed by atoms with van der Waals surface area (Å²) < 4.78 is 0. The Balaban J connectivity index is 1.95. The van der Waals surface area contributed by atoms with Gasteiger partial charge in [-0.2, -0.15) is 0 Å². The molecule has 0 saturated carbocycles. The van der Waals surface area contributed by atoms with E-state index in [4.69, 9.17) is 11.6 Å². The number of amides is 1. The van der Waals surface area contributed by atoms with Crippen LogP contribution in [0.15, 0.2) is 29.6 Å². The van der Waals surface area contributed by atoms with Crippen LogP contribution in [-0.4, -0.2) is 47.1 Å². The van der Waals surface area contributed by atoms with Crippen molar-refractivity contribution in [1.29, 1.82) is 0 Å². The lowest BCUT2D eigenvalue weighted by Crippen LogP contribution is -2.34. The molecule has 0 spiro atoms. The van der Waals surface area contributed by atoms with Crippen LogP contribution >= 0.6 is 22.9 Å². The molecule has 2 N–H and O–H groups in total. The van der Waals surface area contributed by atoms with Crippen LogP contribution in [0.25, 0.3) is 0 Å². The molecule has 1 unspecified atom stereocenters. The van der Waals surface area contributed by atoms with Gasteiger partial charge in [-0.05, 0) is 30.8 Å². The van der Waals surface area contributed by atoms with Gasteiger partial charge in [-0.15, -0.1) is 11.3 Å². The minimum Gasteiger partial charge on any atom is -0.381 e. The van der Waals surface area contributed by atoms with E-state index >= 15 is 0 Å². The molecule has 0 radical (unpaired) electrons. The number of nitrogens with one attached hydrogen (secondary N) is 1. The van der Waals surface area contributed by atoms with Gasteiger partial charge >= 0.3 is 0 Å². The van der Waals surface area contributed by atoms with E-state index < -0.39 is 6.10 Å². The molecule has 2 aromatic rings. The molecular formula is C17H22ClN3O2S. The molecule has 7 heteroatoms. The lowest BCUT2D eigenvalue weighted by atomic mass is 10.1. The Morgan fingerprint density at radius 3 is 2.83 bits per heavy atom. The molecule has 24 heavy (non-hydrogen) atoms. The number of thiazole rings is 1. The molecule has 1 atom stereocenters. The number of halogens is 1. The van der Waals surface area contributed by atoms with Gasteiger partial charge in [0.05, 0.1) is 0 Å². The standard InChI is InChI=1S/C17H22ClN3O2S/c1-3-21(4-2)9-8-19-16(23)14-11-24-17(20-14)15(22)12-6-5-7-13(18)10-12/h5-7,10-11,15,22H,3-4,8-9H2,1-2H3,(H,19,23). The normalized spacial score (nSPS) is 12.4. The highest BCUT2D eigenvalue weighted by atomic mass is 35.5. The van der Waals surface area contributed by atoms with Gasteiger partial charge in [0.1, 0.15) is 16.8 Å². The number of aliphatic hydroxyl groups is 1. The van der Waals surface area contributed by atoms with Gasteiger partial charge in [-0.3, -0.25) is 4.79 Å². The third-order valence-corrected chi connectivity index (χ3v) is 4.89. The van der Waals surface area contributed by atoms with E-state index in [0.717, 1.165) is 19.6 Å². The second-order valence-electron chi connectivity index (χ2n) is 5.31. The van der Waals surface area contributed by atoms with E-state index in [0.29, 0.717) is 27.8 Å². The fourth-order valence-corrected chi connectivity index (χ4v) is 3.30. The maximum absolute atomic E-state index is 12.1. The van der Waals surface area contributed by atoms with Crippen molar-refractivity contribution < 1.29 is 9.90 Å². The molecule has 1 aromatic carbocycles. The van der Waals surface area contributed by atoms with E-state index in [1.54, 1.807) is 29.6 Å². The van der Waals surface area contributed by atoms with Gasteiger partial charge in [-0.25, -0.2) is 4.98 Å². The third-order valence-electron chi connectivity index (χ3n) is 3.76. The van der Waals surface area contributed by atoms with Crippen molar-refractivity contribution in [2.24, 2.45) is 0 Å². The first-order chi connectivity index (χ1) is 11.5. The Morgan fingerprint density at radius 2 is 2.17 bits per heavy atom. The molecule has 2 rings (SSSR count). The molecule has 1 amide bonds. The lowest BCUT2D eigenvalue weighted by Gasteiger charge is -2.17. The van der Waals surface area contributed by atoms with Crippen LogP contribution in [0.1, 0.15) is 41.0 Å². The van der Waals surface area contributed by atoms with Crippen molar-refractivity contribution in [2.75, 3.05) is 26.2 Å². The number of carbonyl (C=O) groups is 1. The number of carbonyl (C=O) groups excluding carboxylic acids is 1. The van der Waals surface area contributed by atoms with Crippen molar-refractivity contribution in [3.8, 4) is 0 Å². The Bertz CT molecular complexity index is 673. The molecule has 130 valence electrons. The predicted molar refractivity (Wildman–Crippen MR) is 97.7 cm³/mol. The number of hydrogen-bond donors (Lipinski definition) is 2. The average Bonchev–Trinajstić information content (AvgIpc) is 3.08. The van der Waals surface area contributed by atoms with Crippen LogP contribution < -0.4 is 5.32 Å². The zero-order chi connectivity index (χ0) is 17.5. The first-order valence-electron chi connectivity index (χ1n) is 7.94. The average molecular weight is 368 g/mol. The minimum absolute atomic E-state index is 0.219. The van der Waals surface area contributed by atoms with Gasteiger partial charge in [0, 0.05) is 23.5 Å². The smallest absolute Gasteiger partial charge is 0.270 e. The molecule has 1 aromatic heterocycles. The number of likely N-dealkylation sites (N-methyl/N-ethyl adjacent to an activating group) is 1. The summed E-state index contributed by atoms with van der Waals surface area (Å²) in [6.45, 7) is 7.48. The highest BCUT2D eigenvalue weighted by Crippen LogP contribution is 2.26. The Morgan fingerprint density at radius 1 is 1.42 bits per heavy atom. The van der Waals surface area contributed by atoms with Crippen molar-refractivity contribution in [3.63, 3.8) is 0 Å². The zero-order valence-electron chi connectivity index (χ0n) is 13.8. The summed E-state index contributed by atoms with van der Waals surface area (Å²) in [5, 5.41) is 15.9. The van der Waals surface area contributed by atoms with Gasteiger partial charge in [0.25, 0.3) is 5.91 Å². The maximum Gasteiger partial charge on any atom is 0.270 e. The van der Waals surface area contributed by atoms with E-state index in [1.165, 1.54) is 11.3 Å². The van der Waals surface area contributed by atoms with E-state index in [-0.39, 0.29) is 5.91 Å². The molecule has 0 saturated heterocycles. The van der Waals surface area contributed by atoms with Crippen molar-refractivity contribution in [3.05, 3.63) is 50.9 Å². The number of hydrogen-bond acceptors (Lipinski definition) is 5. The summed E-state index contributed by atoms with van der Waals surface area (Å²) in [6, 6.07) is 6.99. The number of nitrogens with zero attached hydrogens (tertiary/aromatic N) is 2. The first-order valence-corrected chi connectivity index (χ1v) is 9.20. The molecule has 0 aliphatic heterocycles. The van der Waals surface area contributed by atoms with Gasteiger partial charge in [0.15, 0.2) is 0 Å². The summed E-state index contributed by atoms with van der Waals surface area (Å²) in [5.74, 6) is -0.219. The monoisotopic (exact) mass is 367 g/mol. The van der Waals surface area contributed by atoms with Crippen molar-refractivity contribution in [1.82, 2.24) is 15.2 Å². The molecule has 0 aliphatic carbocycles. The van der Waals surface area contributed by atoms with Crippen LogP contribution in [0, 0.1) is 0 Å². The van der Waals surface area contributed by atoms with Crippen molar-refractivity contribution in [2.45, 2.75) is 20.0 Å². The van der Waals surface area contributed by atoms with E-state index in [1.807, 2.05) is 0 Å². The summed E-state index contributed by atoms with van der Waals surface area (Å²) in [4.78, 5) is 18.6. The second-order valence-corrected chi connectivity index (χ2v) is 6.64. The lowest BCUT2D eigenvalue weighted by molar-refractivity contribution is 0.0944. The predicted octanol–water partition coefficient (Wildman–Crippen LogP) is 2.95. The summed E-state index contributed by atoms with van der Waals surface area (Å²) >= 11 is 7.20. The SMILES string of the molecule is CCN(CC)CCNC(=O)c1csc(C(O)c2cccc(Cl)c2)n1. The number of rotatable bonds is 8. The number of aromatic nitrogens is 1.